The van der Waals surface area contributed by atoms with Crippen LogP contribution in [0.5, 0.6) is 0 Å². The molecule has 0 aromatic heterocycles. The number of nitrogens with one attached hydrogen (secondary N) is 3. The van der Waals surface area contributed by atoms with Crippen LogP contribution in [-0.4, -0.2) is 56.0 Å². The number of rotatable bonds is 6. The van der Waals surface area contributed by atoms with Gasteiger partial charge in [0, 0.05) is 39.3 Å². The van der Waals surface area contributed by atoms with E-state index in [4.69, 9.17) is 0 Å². The molecular weight excluding hydrogens is 304 g/mol. The van der Waals surface area contributed by atoms with Gasteiger partial charge in [0.15, 0.2) is 0 Å². The number of hydrogen-bond acceptors (Lipinski definition) is 4. The first-order chi connectivity index (χ1) is 11.6. The lowest BCUT2D eigenvalue weighted by Crippen LogP contribution is -2.48. The van der Waals surface area contributed by atoms with Gasteiger partial charge in [-0.25, -0.2) is 0 Å². The number of carbonyl (C=O) groups is 2. The first kappa shape index (κ1) is 18.4. The zero-order valence-electron chi connectivity index (χ0n) is 14.6. The molecule has 1 aliphatic rings. The van der Waals surface area contributed by atoms with Gasteiger partial charge in [0.25, 0.3) is 0 Å². The van der Waals surface area contributed by atoms with E-state index in [1.165, 1.54) is 5.56 Å². The van der Waals surface area contributed by atoms with Gasteiger partial charge in [-0.15, -0.1) is 0 Å². The minimum Gasteiger partial charge on any atom is -0.347 e. The van der Waals surface area contributed by atoms with E-state index in [1.54, 1.807) is 0 Å². The number of piperazine rings is 1. The smallest absolute Gasteiger partial charge is 0.309 e. The Kier molecular flexibility index (Phi) is 7.21. The van der Waals surface area contributed by atoms with Gasteiger partial charge in [-0.3, -0.25) is 14.5 Å². The summed E-state index contributed by atoms with van der Waals surface area (Å²) >= 11 is 0. The van der Waals surface area contributed by atoms with Crippen molar-refractivity contribution in [1.29, 1.82) is 0 Å². The molecule has 1 saturated heterocycles. The molecule has 1 heterocycles. The number of nitrogens with zero attached hydrogens (tertiary/aromatic N) is 1. The van der Waals surface area contributed by atoms with Crippen molar-refractivity contribution in [1.82, 2.24) is 20.9 Å². The molecule has 1 fully saturated rings. The fourth-order valence-electron chi connectivity index (χ4n) is 2.73. The molecule has 24 heavy (non-hydrogen) atoms. The Hall–Kier alpha value is -1.92. The SMILES string of the molecule is CCc1ccc(C(C)NC(=O)C(=O)NCCN2CCNCC2)cc1. The van der Waals surface area contributed by atoms with Crippen LogP contribution in [0.1, 0.15) is 31.0 Å². The molecule has 6 nitrogen and oxygen atoms in total. The zero-order valence-corrected chi connectivity index (χ0v) is 14.6. The Morgan fingerprint density at radius 2 is 1.83 bits per heavy atom. The average Bonchev–Trinajstić information content (AvgIpc) is 2.62. The standard InChI is InChI=1S/C18H28N4O2/c1-3-15-4-6-16(7-5-15)14(2)21-18(24)17(23)20-10-13-22-11-8-19-9-12-22/h4-7,14,19H,3,8-13H2,1-2H3,(H,20,23)(H,21,24). The highest BCUT2D eigenvalue weighted by Gasteiger charge is 2.17. The Balaban J connectivity index is 1.72. The first-order valence-corrected chi connectivity index (χ1v) is 8.70. The summed E-state index contributed by atoms with van der Waals surface area (Å²) in [5.74, 6) is -1.15. The molecule has 1 unspecified atom stereocenters. The zero-order chi connectivity index (χ0) is 17.4. The molecule has 0 aliphatic carbocycles. The van der Waals surface area contributed by atoms with Crippen LogP contribution in [0.3, 0.4) is 0 Å². The topological polar surface area (TPSA) is 73.5 Å². The van der Waals surface area contributed by atoms with Crippen molar-refractivity contribution in [2.24, 2.45) is 0 Å². The van der Waals surface area contributed by atoms with E-state index in [0.29, 0.717) is 6.54 Å². The molecule has 1 atom stereocenters. The fourth-order valence-corrected chi connectivity index (χ4v) is 2.73. The molecular formula is C18H28N4O2. The second-order valence-electron chi connectivity index (χ2n) is 6.14. The third-order valence-electron chi connectivity index (χ3n) is 4.37. The highest BCUT2D eigenvalue weighted by Crippen LogP contribution is 2.13. The normalized spacial score (nSPS) is 16.4. The van der Waals surface area contributed by atoms with Crippen molar-refractivity contribution in [3.8, 4) is 0 Å². The number of hydrogen-bond donors (Lipinski definition) is 3. The summed E-state index contributed by atoms with van der Waals surface area (Å²) in [6, 6.07) is 7.89. The van der Waals surface area contributed by atoms with Crippen LogP contribution in [0, 0.1) is 0 Å². The highest BCUT2D eigenvalue weighted by atomic mass is 16.2. The van der Waals surface area contributed by atoms with Crippen molar-refractivity contribution in [3.63, 3.8) is 0 Å². The number of carbonyl (C=O) groups excluding carboxylic acids is 2. The van der Waals surface area contributed by atoms with Crippen LogP contribution < -0.4 is 16.0 Å². The Morgan fingerprint density at radius 1 is 1.17 bits per heavy atom. The van der Waals surface area contributed by atoms with E-state index in [2.05, 4.69) is 27.8 Å². The number of amides is 2. The second kappa shape index (κ2) is 9.39. The van der Waals surface area contributed by atoms with Gasteiger partial charge < -0.3 is 16.0 Å². The molecule has 0 spiro atoms. The van der Waals surface area contributed by atoms with Gasteiger partial charge in [-0.1, -0.05) is 31.2 Å². The molecule has 1 aromatic carbocycles. The summed E-state index contributed by atoms with van der Waals surface area (Å²) in [5, 5.41) is 8.72. The minimum atomic E-state index is -0.581. The predicted molar refractivity (Wildman–Crippen MR) is 94.7 cm³/mol. The van der Waals surface area contributed by atoms with Gasteiger partial charge in [-0.2, -0.15) is 0 Å². The molecule has 1 aliphatic heterocycles. The van der Waals surface area contributed by atoms with Gasteiger partial charge in [-0.05, 0) is 24.5 Å². The van der Waals surface area contributed by atoms with Crippen molar-refractivity contribution >= 4 is 11.8 Å². The largest absolute Gasteiger partial charge is 0.347 e. The molecule has 6 heteroatoms. The van der Waals surface area contributed by atoms with E-state index in [1.807, 2.05) is 31.2 Å². The van der Waals surface area contributed by atoms with Gasteiger partial charge in [0.2, 0.25) is 0 Å². The highest BCUT2D eigenvalue weighted by molar-refractivity contribution is 6.35. The molecule has 132 valence electrons. The molecule has 0 radical (unpaired) electrons. The van der Waals surface area contributed by atoms with Crippen LogP contribution >= 0.6 is 0 Å². The third kappa shape index (κ3) is 5.62. The molecule has 0 bridgehead atoms. The van der Waals surface area contributed by atoms with Crippen molar-refractivity contribution in [2.45, 2.75) is 26.3 Å². The number of aryl methyl sites for hydroxylation is 1. The van der Waals surface area contributed by atoms with E-state index < -0.39 is 11.8 Å². The summed E-state index contributed by atoms with van der Waals surface area (Å²) < 4.78 is 0. The Labute approximate surface area is 144 Å². The van der Waals surface area contributed by atoms with Crippen molar-refractivity contribution in [2.75, 3.05) is 39.3 Å². The van der Waals surface area contributed by atoms with E-state index in [0.717, 1.165) is 44.7 Å². The summed E-state index contributed by atoms with van der Waals surface area (Å²) in [7, 11) is 0. The monoisotopic (exact) mass is 332 g/mol. The van der Waals surface area contributed by atoms with Crippen molar-refractivity contribution in [3.05, 3.63) is 35.4 Å². The summed E-state index contributed by atoms with van der Waals surface area (Å²) in [4.78, 5) is 26.2. The molecule has 1 aromatic rings. The summed E-state index contributed by atoms with van der Waals surface area (Å²) in [6.45, 7) is 9.16. The first-order valence-electron chi connectivity index (χ1n) is 8.70. The molecule has 2 rings (SSSR count). The predicted octanol–water partition coefficient (Wildman–Crippen LogP) is 0.448. The quantitative estimate of drug-likeness (QED) is 0.661. The third-order valence-corrected chi connectivity index (χ3v) is 4.37. The fraction of sp³-hybridized carbons (Fsp3) is 0.556. The lowest BCUT2D eigenvalue weighted by atomic mass is 10.1. The van der Waals surface area contributed by atoms with Gasteiger partial charge in [0.05, 0.1) is 6.04 Å². The van der Waals surface area contributed by atoms with Crippen LogP contribution in [0.4, 0.5) is 0 Å². The van der Waals surface area contributed by atoms with E-state index in [-0.39, 0.29) is 6.04 Å². The van der Waals surface area contributed by atoms with Gasteiger partial charge in [0.1, 0.15) is 0 Å². The summed E-state index contributed by atoms with van der Waals surface area (Å²) in [6.07, 6.45) is 0.983. The average molecular weight is 332 g/mol. The van der Waals surface area contributed by atoms with Gasteiger partial charge >= 0.3 is 11.8 Å². The second-order valence-corrected chi connectivity index (χ2v) is 6.14. The maximum absolute atomic E-state index is 12.0. The maximum Gasteiger partial charge on any atom is 0.309 e. The van der Waals surface area contributed by atoms with Crippen LogP contribution in [0.15, 0.2) is 24.3 Å². The summed E-state index contributed by atoms with van der Waals surface area (Å²) in [5.41, 5.74) is 2.25. The van der Waals surface area contributed by atoms with Crippen LogP contribution in [-0.2, 0) is 16.0 Å². The molecule has 3 N–H and O–H groups in total. The van der Waals surface area contributed by atoms with Crippen LogP contribution in [0.25, 0.3) is 0 Å². The lowest BCUT2D eigenvalue weighted by Gasteiger charge is -2.27. The number of benzene rings is 1. The van der Waals surface area contributed by atoms with E-state index >= 15 is 0 Å². The van der Waals surface area contributed by atoms with E-state index in [9.17, 15) is 9.59 Å². The van der Waals surface area contributed by atoms with Crippen molar-refractivity contribution < 1.29 is 9.59 Å². The minimum absolute atomic E-state index is 0.192. The lowest BCUT2D eigenvalue weighted by molar-refractivity contribution is -0.139. The Morgan fingerprint density at radius 3 is 2.46 bits per heavy atom. The van der Waals surface area contributed by atoms with Crippen LogP contribution in [0.2, 0.25) is 0 Å². The Bertz CT molecular complexity index is 538. The molecule has 0 saturated carbocycles. The molecule has 2 amide bonds. The maximum atomic E-state index is 12.0.